The summed E-state index contributed by atoms with van der Waals surface area (Å²) >= 11 is 0. The number of carboxylic acid groups (broad SMARTS) is 2. The molecule has 4 heteroatoms. The maximum atomic E-state index is 8.56. The Morgan fingerprint density at radius 2 is 1.43 bits per heavy atom. The molecule has 3 nitrogen and oxygen atoms in total. The van der Waals surface area contributed by atoms with Gasteiger partial charge in [0.25, 0.3) is 0 Å². The van der Waals surface area contributed by atoms with Crippen LogP contribution in [0.4, 0.5) is 4.79 Å². The van der Waals surface area contributed by atoms with Crippen molar-refractivity contribution >= 4 is 6.16 Å². The molecule has 0 spiro atoms. The predicted octanol–water partition coefficient (Wildman–Crippen LogP) is -1.93. The Labute approximate surface area is 85.1 Å². The molecule has 0 aliphatic rings. The standard InChI is InChI=1S/C2H5.CH2O3.K/c1-2;2-1(3)4;/h1H2,2H3;(H2,2,3,4);/q-1;;+1. The van der Waals surface area contributed by atoms with Gasteiger partial charge in [0.1, 0.15) is 0 Å². The van der Waals surface area contributed by atoms with E-state index >= 15 is 0 Å². The van der Waals surface area contributed by atoms with Crippen molar-refractivity contribution in [3.8, 4) is 0 Å². The molecule has 0 heterocycles. The molecule has 0 aromatic rings. The van der Waals surface area contributed by atoms with Crippen LogP contribution in [0.25, 0.3) is 0 Å². The van der Waals surface area contributed by atoms with Crippen LogP contribution in [0.1, 0.15) is 6.92 Å². The van der Waals surface area contributed by atoms with Gasteiger partial charge in [-0.1, -0.05) is 0 Å². The van der Waals surface area contributed by atoms with Crippen LogP contribution >= 0.6 is 0 Å². The van der Waals surface area contributed by atoms with Crippen molar-refractivity contribution in [1.82, 2.24) is 0 Å². The van der Waals surface area contributed by atoms with Crippen LogP contribution < -0.4 is 51.4 Å². The minimum Gasteiger partial charge on any atom is -0.450 e. The summed E-state index contributed by atoms with van der Waals surface area (Å²) in [6.45, 7) is 5.00. The van der Waals surface area contributed by atoms with E-state index < -0.39 is 6.16 Å². The summed E-state index contributed by atoms with van der Waals surface area (Å²) in [7, 11) is 0. The molecule has 0 saturated carbocycles. The molecular formula is C3H7KO3. The second-order valence-corrected chi connectivity index (χ2v) is 0.283. The van der Waals surface area contributed by atoms with E-state index in [1.807, 2.05) is 0 Å². The zero-order chi connectivity index (χ0) is 5.58. The summed E-state index contributed by atoms with van der Waals surface area (Å²) in [6, 6.07) is 0. The zero-order valence-electron chi connectivity index (χ0n) is 4.51. The van der Waals surface area contributed by atoms with Gasteiger partial charge in [-0.05, 0) is 0 Å². The van der Waals surface area contributed by atoms with Gasteiger partial charge >= 0.3 is 57.5 Å². The minimum atomic E-state index is -1.83. The maximum absolute atomic E-state index is 8.56. The van der Waals surface area contributed by atoms with Gasteiger partial charge < -0.3 is 17.1 Å². The van der Waals surface area contributed by atoms with Gasteiger partial charge in [-0.2, -0.15) is 6.92 Å². The predicted molar refractivity (Wildman–Crippen MR) is 21.7 cm³/mol. The molecule has 0 bridgehead atoms. The second-order valence-electron chi connectivity index (χ2n) is 0.283. The summed E-state index contributed by atoms with van der Waals surface area (Å²) in [4.78, 5) is 8.56. The fourth-order valence-corrected chi connectivity index (χ4v) is 0. The Morgan fingerprint density at radius 1 is 1.43 bits per heavy atom. The molecule has 7 heavy (non-hydrogen) atoms. The van der Waals surface area contributed by atoms with Gasteiger partial charge in [0.15, 0.2) is 0 Å². The fraction of sp³-hybridized carbons (Fsp3) is 0.333. The van der Waals surface area contributed by atoms with Crippen molar-refractivity contribution in [2.75, 3.05) is 0 Å². The first kappa shape index (κ1) is 15.7. The molecule has 0 aromatic carbocycles. The molecule has 0 rings (SSSR count). The molecule has 0 atom stereocenters. The van der Waals surface area contributed by atoms with E-state index in [0.29, 0.717) is 0 Å². The first-order valence-corrected chi connectivity index (χ1v) is 1.36. The first-order chi connectivity index (χ1) is 2.73. The SMILES string of the molecule is O=C(O)O.[CH2-]C.[K+]. The second kappa shape index (κ2) is 15.8. The van der Waals surface area contributed by atoms with E-state index in [4.69, 9.17) is 15.0 Å². The van der Waals surface area contributed by atoms with Crippen molar-refractivity contribution in [3.05, 3.63) is 6.92 Å². The number of hydrogen-bond acceptors (Lipinski definition) is 1. The summed E-state index contributed by atoms with van der Waals surface area (Å²) in [5.41, 5.74) is 0. The largest absolute Gasteiger partial charge is 1.00 e. The van der Waals surface area contributed by atoms with Gasteiger partial charge in [0.2, 0.25) is 0 Å². The summed E-state index contributed by atoms with van der Waals surface area (Å²) in [5.74, 6) is 0. The zero-order valence-corrected chi connectivity index (χ0v) is 7.63. The third-order valence-corrected chi connectivity index (χ3v) is 0. The monoisotopic (exact) mass is 130 g/mol. The van der Waals surface area contributed by atoms with Gasteiger partial charge in [-0.3, -0.25) is 0 Å². The Bertz CT molecular complexity index is 33.2. The average molecular weight is 130 g/mol. The minimum absolute atomic E-state index is 0. The Kier molecular flexibility index (Phi) is 35.3. The molecule has 0 saturated heterocycles. The van der Waals surface area contributed by atoms with Gasteiger partial charge in [0, 0.05) is 0 Å². The fourth-order valence-electron chi connectivity index (χ4n) is 0. The van der Waals surface area contributed by atoms with Crippen LogP contribution in [0.3, 0.4) is 0 Å². The molecule has 0 radical (unpaired) electrons. The average Bonchev–Trinajstić information content (AvgIpc) is 1.41. The molecule has 0 unspecified atom stereocenters. The van der Waals surface area contributed by atoms with Crippen LogP contribution in [0.5, 0.6) is 0 Å². The van der Waals surface area contributed by atoms with Crippen molar-refractivity contribution in [2.24, 2.45) is 0 Å². The van der Waals surface area contributed by atoms with E-state index in [1.54, 1.807) is 6.92 Å². The Hall–Kier alpha value is 0.906. The van der Waals surface area contributed by atoms with Crippen molar-refractivity contribution in [1.29, 1.82) is 0 Å². The summed E-state index contributed by atoms with van der Waals surface area (Å²) in [5, 5.41) is 13.9. The quantitative estimate of drug-likeness (QED) is 0.296. The topological polar surface area (TPSA) is 57.5 Å². The molecule has 0 aliphatic heterocycles. The molecule has 0 aromatic heterocycles. The smallest absolute Gasteiger partial charge is 0.450 e. The maximum Gasteiger partial charge on any atom is 1.00 e. The van der Waals surface area contributed by atoms with E-state index in [0.717, 1.165) is 0 Å². The van der Waals surface area contributed by atoms with E-state index in [9.17, 15) is 0 Å². The first-order valence-electron chi connectivity index (χ1n) is 1.36. The Balaban J connectivity index is -0.0000000480. The number of rotatable bonds is 0. The van der Waals surface area contributed by atoms with Crippen molar-refractivity contribution in [3.63, 3.8) is 0 Å². The molecule has 38 valence electrons. The summed E-state index contributed by atoms with van der Waals surface area (Å²) < 4.78 is 0. The van der Waals surface area contributed by atoms with Crippen LogP contribution in [0, 0.1) is 6.92 Å². The Morgan fingerprint density at radius 3 is 1.43 bits per heavy atom. The van der Waals surface area contributed by atoms with Crippen molar-refractivity contribution in [2.45, 2.75) is 6.92 Å². The molecular weight excluding hydrogens is 123 g/mol. The number of carbonyl (C=O) groups is 1. The van der Waals surface area contributed by atoms with E-state index in [-0.39, 0.29) is 51.4 Å². The van der Waals surface area contributed by atoms with Gasteiger partial charge in [0.05, 0.1) is 0 Å². The third-order valence-electron chi connectivity index (χ3n) is 0. The van der Waals surface area contributed by atoms with E-state index in [1.165, 1.54) is 0 Å². The summed E-state index contributed by atoms with van der Waals surface area (Å²) in [6.07, 6.45) is -1.83. The molecule has 0 amide bonds. The van der Waals surface area contributed by atoms with Crippen LogP contribution in [-0.2, 0) is 0 Å². The van der Waals surface area contributed by atoms with Gasteiger partial charge in [-0.15, -0.1) is 0 Å². The van der Waals surface area contributed by atoms with E-state index in [2.05, 4.69) is 6.92 Å². The molecule has 0 aliphatic carbocycles. The van der Waals surface area contributed by atoms with Crippen LogP contribution in [0.15, 0.2) is 0 Å². The normalized spacial score (nSPS) is 4.29. The number of hydrogen-bond donors (Lipinski definition) is 2. The third kappa shape index (κ3) is 202. The van der Waals surface area contributed by atoms with Gasteiger partial charge in [-0.25, -0.2) is 4.79 Å². The van der Waals surface area contributed by atoms with Crippen molar-refractivity contribution < 1.29 is 66.4 Å². The molecule has 0 fully saturated rings. The molecule has 2 N–H and O–H groups in total. The van der Waals surface area contributed by atoms with Crippen LogP contribution in [-0.4, -0.2) is 16.4 Å². The van der Waals surface area contributed by atoms with Crippen LogP contribution in [0.2, 0.25) is 0 Å².